The number of fused-ring (bicyclic) bond motifs is 1. The molecule has 0 unspecified atom stereocenters. The first-order valence-electron chi connectivity index (χ1n) is 7.52. The Hall–Kier alpha value is -2.17. The van der Waals surface area contributed by atoms with Crippen LogP contribution < -0.4 is 0 Å². The molecule has 0 heterocycles. The van der Waals surface area contributed by atoms with Crippen LogP contribution in [0.15, 0.2) is 77.7 Å². The van der Waals surface area contributed by atoms with Crippen LogP contribution in [0.3, 0.4) is 0 Å². The maximum absolute atomic E-state index is 12.8. The van der Waals surface area contributed by atoms with Crippen molar-refractivity contribution in [2.24, 2.45) is 0 Å². The summed E-state index contributed by atoms with van der Waals surface area (Å²) in [5, 5.41) is 2.19. The predicted octanol–water partition coefficient (Wildman–Crippen LogP) is 4.22. The van der Waals surface area contributed by atoms with E-state index < -0.39 is 10.0 Å². The zero-order chi connectivity index (χ0) is 16.4. The molecule has 0 aliphatic rings. The molecule has 0 spiro atoms. The molecule has 0 saturated heterocycles. The summed E-state index contributed by atoms with van der Waals surface area (Å²) in [7, 11) is -1.89. The van der Waals surface area contributed by atoms with Crippen molar-refractivity contribution in [2.75, 3.05) is 7.05 Å². The first-order chi connectivity index (χ1) is 11.0. The summed E-state index contributed by atoms with van der Waals surface area (Å²) >= 11 is 0. The standard InChI is InChI=1S/C19H19NO2S/c1-15(18-14-8-10-16-9-6-7-13-19(16)18)20(2)23(21,22)17-11-4-3-5-12-17/h3-15H,1-2H3/t15-/m0/s1. The monoisotopic (exact) mass is 325 g/mol. The van der Waals surface area contributed by atoms with Crippen LogP contribution >= 0.6 is 0 Å². The van der Waals surface area contributed by atoms with Gasteiger partial charge in [-0.1, -0.05) is 60.7 Å². The highest BCUT2D eigenvalue weighted by atomic mass is 32.2. The van der Waals surface area contributed by atoms with Crippen molar-refractivity contribution < 1.29 is 8.42 Å². The van der Waals surface area contributed by atoms with Gasteiger partial charge in [-0.05, 0) is 35.4 Å². The van der Waals surface area contributed by atoms with E-state index in [1.165, 1.54) is 4.31 Å². The van der Waals surface area contributed by atoms with Crippen LogP contribution in [0.25, 0.3) is 10.8 Å². The average molecular weight is 325 g/mol. The molecule has 0 aromatic heterocycles. The fraction of sp³-hybridized carbons (Fsp3) is 0.158. The van der Waals surface area contributed by atoms with Crippen molar-refractivity contribution in [3.8, 4) is 0 Å². The third kappa shape index (κ3) is 2.87. The van der Waals surface area contributed by atoms with Gasteiger partial charge in [0.2, 0.25) is 10.0 Å². The third-order valence-electron chi connectivity index (χ3n) is 4.24. The van der Waals surface area contributed by atoms with Crippen molar-refractivity contribution >= 4 is 20.8 Å². The molecule has 23 heavy (non-hydrogen) atoms. The number of rotatable bonds is 4. The molecule has 0 bridgehead atoms. The molecule has 3 nitrogen and oxygen atoms in total. The van der Waals surface area contributed by atoms with E-state index in [9.17, 15) is 8.42 Å². The Kier molecular flexibility index (Phi) is 4.20. The molecule has 3 aromatic carbocycles. The molecule has 0 N–H and O–H groups in total. The van der Waals surface area contributed by atoms with Gasteiger partial charge in [0.15, 0.2) is 0 Å². The third-order valence-corrected chi connectivity index (χ3v) is 6.18. The van der Waals surface area contributed by atoms with E-state index in [4.69, 9.17) is 0 Å². The van der Waals surface area contributed by atoms with E-state index in [0.29, 0.717) is 4.90 Å². The largest absolute Gasteiger partial charge is 0.243 e. The van der Waals surface area contributed by atoms with Gasteiger partial charge in [0.25, 0.3) is 0 Å². The van der Waals surface area contributed by atoms with E-state index in [-0.39, 0.29) is 6.04 Å². The van der Waals surface area contributed by atoms with Crippen LogP contribution in [0, 0.1) is 0 Å². The van der Waals surface area contributed by atoms with Crippen LogP contribution in [-0.2, 0) is 10.0 Å². The zero-order valence-corrected chi connectivity index (χ0v) is 14.0. The van der Waals surface area contributed by atoms with Gasteiger partial charge in [-0.3, -0.25) is 0 Å². The molecule has 0 radical (unpaired) electrons. The van der Waals surface area contributed by atoms with Crippen LogP contribution in [-0.4, -0.2) is 19.8 Å². The Morgan fingerprint density at radius 2 is 1.43 bits per heavy atom. The Morgan fingerprint density at radius 1 is 0.826 bits per heavy atom. The Bertz CT molecular complexity index is 915. The van der Waals surface area contributed by atoms with Crippen molar-refractivity contribution in [1.29, 1.82) is 0 Å². The van der Waals surface area contributed by atoms with Crippen LogP contribution in [0.4, 0.5) is 0 Å². The topological polar surface area (TPSA) is 37.4 Å². The summed E-state index contributed by atoms with van der Waals surface area (Å²) in [4.78, 5) is 0.314. The molecule has 3 aromatic rings. The van der Waals surface area contributed by atoms with E-state index in [1.807, 2.05) is 55.5 Å². The summed E-state index contributed by atoms with van der Waals surface area (Å²) < 4.78 is 27.1. The minimum absolute atomic E-state index is 0.258. The first kappa shape index (κ1) is 15.7. The summed E-state index contributed by atoms with van der Waals surface area (Å²) in [6.07, 6.45) is 0. The lowest BCUT2D eigenvalue weighted by Gasteiger charge is -2.25. The SMILES string of the molecule is C[C@@H](c1cccc2ccccc12)N(C)S(=O)(=O)c1ccccc1. The van der Waals surface area contributed by atoms with Crippen molar-refractivity contribution in [3.05, 3.63) is 78.4 Å². The molecule has 0 saturated carbocycles. The summed E-state index contributed by atoms with van der Waals surface area (Å²) in [5.74, 6) is 0. The Labute approximate surface area is 137 Å². The number of nitrogens with zero attached hydrogens (tertiary/aromatic N) is 1. The molecular formula is C19H19NO2S. The van der Waals surface area contributed by atoms with E-state index >= 15 is 0 Å². The summed E-state index contributed by atoms with van der Waals surface area (Å²) in [6, 6.07) is 22.3. The Balaban J connectivity index is 2.04. The highest BCUT2D eigenvalue weighted by Crippen LogP contribution is 2.30. The van der Waals surface area contributed by atoms with Gasteiger partial charge in [-0.15, -0.1) is 0 Å². The van der Waals surface area contributed by atoms with Crippen molar-refractivity contribution in [2.45, 2.75) is 17.9 Å². The van der Waals surface area contributed by atoms with E-state index in [2.05, 4.69) is 0 Å². The summed E-state index contributed by atoms with van der Waals surface area (Å²) in [6.45, 7) is 1.92. The molecule has 3 rings (SSSR count). The molecule has 0 amide bonds. The lowest BCUT2D eigenvalue weighted by atomic mass is 10.00. The van der Waals surface area contributed by atoms with Gasteiger partial charge >= 0.3 is 0 Å². The van der Waals surface area contributed by atoms with E-state index in [1.54, 1.807) is 31.3 Å². The molecular weight excluding hydrogens is 306 g/mol. The second kappa shape index (κ2) is 6.14. The van der Waals surface area contributed by atoms with Crippen molar-refractivity contribution in [3.63, 3.8) is 0 Å². The van der Waals surface area contributed by atoms with Crippen molar-refractivity contribution in [1.82, 2.24) is 4.31 Å². The first-order valence-corrected chi connectivity index (χ1v) is 8.96. The highest BCUT2D eigenvalue weighted by Gasteiger charge is 2.26. The minimum Gasteiger partial charge on any atom is -0.207 e. The van der Waals surface area contributed by atoms with Gasteiger partial charge in [0.1, 0.15) is 0 Å². The minimum atomic E-state index is -3.52. The van der Waals surface area contributed by atoms with Gasteiger partial charge in [0.05, 0.1) is 4.90 Å². The van der Waals surface area contributed by atoms with Gasteiger partial charge in [0, 0.05) is 13.1 Å². The second-order valence-electron chi connectivity index (χ2n) is 5.58. The van der Waals surface area contributed by atoms with E-state index in [0.717, 1.165) is 16.3 Å². The Morgan fingerprint density at radius 3 is 2.17 bits per heavy atom. The molecule has 1 atom stereocenters. The van der Waals surface area contributed by atoms with Crippen LogP contribution in [0.1, 0.15) is 18.5 Å². The maximum Gasteiger partial charge on any atom is 0.243 e. The molecule has 0 aliphatic carbocycles. The second-order valence-corrected chi connectivity index (χ2v) is 7.58. The molecule has 118 valence electrons. The fourth-order valence-corrected chi connectivity index (χ4v) is 4.14. The van der Waals surface area contributed by atoms with Crippen LogP contribution in [0.2, 0.25) is 0 Å². The quantitative estimate of drug-likeness (QED) is 0.720. The number of hydrogen-bond donors (Lipinski definition) is 0. The summed E-state index contributed by atoms with van der Waals surface area (Å²) in [5.41, 5.74) is 1.00. The predicted molar refractivity (Wildman–Crippen MR) is 93.8 cm³/mol. The maximum atomic E-state index is 12.8. The molecule has 4 heteroatoms. The normalized spacial score (nSPS) is 13.3. The van der Waals surface area contributed by atoms with Gasteiger partial charge < -0.3 is 0 Å². The van der Waals surface area contributed by atoms with Crippen LogP contribution in [0.5, 0.6) is 0 Å². The fourth-order valence-electron chi connectivity index (χ4n) is 2.78. The average Bonchev–Trinajstić information content (AvgIpc) is 2.60. The lowest BCUT2D eigenvalue weighted by molar-refractivity contribution is 0.400. The van der Waals surface area contributed by atoms with Gasteiger partial charge in [-0.25, -0.2) is 8.42 Å². The van der Waals surface area contributed by atoms with Gasteiger partial charge in [-0.2, -0.15) is 4.31 Å². The highest BCUT2D eigenvalue weighted by molar-refractivity contribution is 7.89. The molecule has 0 aliphatic heterocycles. The zero-order valence-electron chi connectivity index (χ0n) is 13.2. The smallest absolute Gasteiger partial charge is 0.207 e. The number of sulfonamides is 1. The number of benzene rings is 3. The number of hydrogen-bond acceptors (Lipinski definition) is 2. The molecule has 0 fully saturated rings. The lowest BCUT2D eigenvalue weighted by Crippen LogP contribution is -2.29.